The highest BCUT2D eigenvalue weighted by Gasteiger charge is 2.24. The third-order valence-corrected chi connectivity index (χ3v) is 4.29. The molecule has 126 valence electrons. The second-order valence-electron chi connectivity index (χ2n) is 6.78. The largest absolute Gasteiger partial charge is 0.494 e. The minimum absolute atomic E-state index is 0.0483. The maximum Gasteiger partial charge on any atom is 0.222 e. The first-order valence-electron chi connectivity index (χ1n) is 8.47. The van der Waals surface area contributed by atoms with Crippen LogP contribution in [0.5, 0.6) is 5.75 Å². The van der Waals surface area contributed by atoms with Gasteiger partial charge in [0.05, 0.1) is 6.61 Å². The summed E-state index contributed by atoms with van der Waals surface area (Å²) in [6, 6.07) is 7.12. The Morgan fingerprint density at radius 1 is 1.13 bits per heavy atom. The molecule has 1 heterocycles. The Balaban J connectivity index is 1.70. The van der Waals surface area contributed by atoms with E-state index < -0.39 is 0 Å². The van der Waals surface area contributed by atoms with Crippen LogP contribution in [-0.4, -0.2) is 36.3 Å². The summed E-state index contributed by atoms with van der Waals surface area (Å²) < 4.78 is 5.64. The molecule has 0 aliphatic carbocycles. The van der Waals surface area contributed by atoms with Crippen molar-refractivity contribution in [1.29, 1.82) is 0 Å². The lowest BCUT2D eigenvalue weighted by Crippen LogP contribution is -2.42. The van der Waals surface area contributed by atoms with E-state index in [9.17, 15) is 9.59 Å². The Kier molecular flexibility index (Phi) is 6.20. The van der Waals surface area contributed by atoms with Crippen LogP contribution in [0.25, 0.3) is 0 Å². The number of likely N-dealkylation sites (tertiary alicyclic amines) is 1. The predicted molar refractivity (Wildman–Crippen MR) is 90.7 cm³/mol. The number of nitrogens with zero attached hydrogens (tertiary/aromatic N) is 1. The van der Waals surface area contributed by atoms with Crippen LogP contribution in [0.3, 0.4) is 0 Å². The number of carbonyl (C=O) groups is 2. The van der Waals surface area contributed by atoms with Crippen LogP contribution in [0.2, 0.25) is 0 Å². The Labute approximate surface area is 138 Å². The van der Waals surface area contributed by atoms with Gasteiger partial charge in [0.25, 0.3) is 0 Å². The fraction of sp³-hybridized carbons (Fsp3) is 0.579. The highest BCUT2D eigenvalue weighted by molar-refractivity contribution is 5.94. The van der Waals surface area contributed by atoms with Gasteiger partial charge in [0.15, 0.2) is 5.78 Å². The van der Waals surface area contributed by atoms with E-state index in [1.54, 1.807) is 31.2 Å². The van der Waals surface area contributed by atoms with E-state index in [-0.39, 0.29) is 11.7 Å². The number of ketones is 1. The van der Waals surface area contributed by atoms with Crippen LogP contribution in [-0.2, 0) is 4.79 Å². The number of carbonyl (C=O) groups excluding carboxylic acids is 2. The lowest BCUT2D eigenvalue weighted by atomic mass is 9.91. The Morgan fingerprint density at radius 3 is 2.30 bits per heavy atom. The molecule has 2 atom stereocenters. The summed E-state index contributed by atoms with van der Waals surface area (Å²) in [4.78, 5) is 25.5. The third-order valence-electron chi connectivity index (χ3n) is 4.29. The van der Waals surface area contributed by atoms with Gasteiger partial charge in [0.2, 0.25) is 5.91 Å². The van der Waals surface area contributed by atoms with Crippen molar-refractivity contribution in [3.8, 4) is 5.75 Å². The van der Waals surface area contributed by atoms with Crippen molar-refractivity contribution in [3.05, 3.63) is 29.8 Å². The summed E-state index contributed by atoms with van der Waals surface area (Å²) in [5.41, 5.74) is 0.681. The highest BCUT2D eigenvalue weighted by Crippen LogP contribution is 2.21. The second kappa shape index (κ2) is 8.14. The Bertz CT molecular complexity index is 528. The maximum atomic E-state index is 12.3. The molecular weight excluding hydrogens is 290 g/mol. The summed E-state index contributed by atoms with van der Waals surface area (Å²) in [5.74, 6) is 2.21. The molecular formula is C19H27NO3. The second-order valence-corrected chi connectivity index (χ2v) is 6.78. The van der Waals surface area contributed by atoms with Gasteiger partial charge in [-0.05, 0) is 55.9 Å². The number of rotatable bonds is 6. The van der Waals surface area contributed by atoms with Crippen molar-refractivity contribution < 1.29 is 14.3 Å². The molecule has 1 amide bonds. The molecule has 1 aromatic rings. The van der Waals surface area contributed by atoms with Crippen molar-refractivity contribution in [2.24, 2.45) is 11.8 Å². The van der Waals surface area contributed by atoms with Gasteiger partial charge in [0, 0.05) is 25.1 Å². The lowest BCUT2D eigenvalue weighted by Gasteiger charge is -2.35. The van der Waals surface area contributed by atoms with Crippen LogP contribution in [0.15, 0.2) is 24.3 Å². The fourth-order valence-electron chi connectivity index (χ4n) is 3.22. The molecule has 23 heavy (non-hydrogen) atoms. The summed E-state index contributed by atoms with van der Waals surface area (Å²) >= 11 is 0. The van der Waals surface area contributed by atoms with Crippen molar-refractivity contribution in [2.45, 2.75) is 40.0 Å². The zero-order valence-electron chi connectivity index (χ0n) is 14.4. The number of benzene rings is 1. The van der Waals surface area contributed by atoms with E-state index in [2.05, 4.69) is 13.8 Å². The lowest BCUT2D eigenvalue weighted by molar-refractivity contribution is -0.134. The van der Waals surface area contributed by atoms with E-state index in [0.29, 0.717) is 36.8 Å². The number of amides is 1. The monoisotopic (exact) mass is 317 g/mol. The molecule has 1 aliphatic rings. The normalized spacial score (nSPS) is 21.1. The minimum atomic E-state index is 0.0483. The zero-order chi connectivity index (χ0) is 16.8. The summed E-state index contributed by atoms with van der Waals surface area (Å²) in [6.45, 7) is 8.26. The van der Waals surface area contributed by atoms with E-state index in [1.807, 2.05) is 4.90 Å². The molecule has 0 aromatic heterocycles. The molecule has 2 rings (SSSR count). The molecule has 0 N–H and O–H groups in total. The van der Waals surface area contributed by atoms with Crippen molar-refractivity contribution in [3.63, 3.8) is 0 Å². The van der Waals surface area contributed by atoms with E-state index in [4.69, 9.17) is 4.74 Å². The van der Waals surface area contributed by atoms with E-state index >= 15 is 0 Å². The maximum absolute atomic E-state index is 12.3. The molecule has 1 saturated heterocycles. The number of hydrogen-bond acceptors (Lipinski definition) is 3. The minimum Gasteiger partial charge on any atom is -0.494 e. The summed E-state index contributed by atoms with van der Waals surface area (Å²) in [5, 5.41) is 0. The van der Waals surface area contributed by atoms with Gasteiger partial charge in [-0.1, -0.05) is 13.8 Å². The SMILES string of the molecule is CC(=O)c1ccc(OCCCC(=O)N2CC(C)CC(C)C2)cc1. The molecule has 1 fully saturated rings. The molecule has 4 nitrogen and oxygen atoms in total. The first-order chi connectivity index (χ1) is 11.0. The molecule has 0 radical (unpaired) electrons. The van der Waals surface area contributed by atoms with Crippen LogP contribution in [0.1, 0.15) is 50.4 Å². The molecule has 1 aliphatic heterocycles. The predicted octanol–water partition coefficient (Wildman–Crippen LogP) is 3.55. The van der Waals surface area contributed by atoms with Crippen molar-refractivity contribution >= 4 is 11.7 Å². The van der Waals surface area contributed by atoms with Crippen molar-refractivity contribution in [1.82, 2.24) is 4.90 Å². The van der Waals surface area contributed by atoms with Gasteiger partial charge in [-0.3, -0.25) is 9.59 Å². The number of Topliss-reactive ketones (excluding diaryl/α,β-unsaturated/α-hetero) is 1. The van der Waals surface area contributed by atoms with Crippen LogP contribution in [0.4, 0.5) is 0 Å². The average molecular weight is 317 g/mol. The number of hydrogen-bond donors (Lipinski definition) is 0. The first kappa shape index (κ1) is 17.5. The van der Waals surface area contributed by atoms with Crippen molar-refractivity contribution in [2.75, 3.05) is 19.7 Å². The van der Waals surface area contributed by atoms with Gasteiger partial charge in [0.1, 0.15) is 5.75 Å². The van der Waals surface area contributed by atoms with Crippen LogP contribution >= 0.6 is 0 Å². The van der Waals surface area contributed by atoms with Crippen LogP contribution < -0.4 is 4.74 Å². The van der Waals surface area contributed by atoms with Gasteiger partial charge in [-0.15, -0.1) is 0 Å². The fourth-order valence-corrected chi connectivity index (χ4v) is 3.22. The molecule has 0 bridgehead atoms. The van der Waals surface area contributed by atoms with E-state index in [0.717, 1.165) is 18.8 Å². The molecule has 4 heteroatoms. The molecule has 2 unspecified atom stereocenters. The number of ether oxygens (including phenoxy) is 1. The summed E-state index contributed by atoms with van der Waals surface area (Å²) in [7, 11) is 0. The molecule has 0 spiro atoms. The average Bonchev–Trinajstić information content (AvgIpc) is 2.50. The summed E-state index contributed by atoms with van der Waals surface area (Å²) in [6.07, 6.45) is 2.46. The smallest absolute Gasteiger partial charge is 0.222 e. The van der Waals surface area contributed by atoms with Gasteiger partial charge < -0.3 is 9.64 Å². The number of piperidine rings is 1. The first-order valence-corrected chi connectivity index (χ1v) is 8.47. The quantitative estimate of drug-likeness (QED) is 0.595. The Hall–Kier alpha value is -1.84. The molecule has 1 aromatic carbocycles. The van der Waals surface area contributed by atoms with Gasteiger partial charge >= 0.3 is 0 Å². The van der Waals surface area contributed by atoms with Gasteiger partial charge in [-0.25, -0.2) is 0 Å². The molecule has 0 saturated carbocycles. The standard InChI is InChI=1S/C19H27NO3/c1-14-11-15(2)13-20(12-14)19(22)5-4-10-23-18-8-6-17(7-9-18)16(3)21/h6-9,14-15H,4-5,10-13H2,1-3H3. The third kappa shape index (κ3) is 5.38. The highest BCUT2D eigenvalue weighted by atomic mass is 16.5. The van der Waals surface area contributed by atoms with Gasteiger partial charge in [-0.2, -0.15) is 0 Å². The topological polar surface area (TPSA) is 46.6 Å². The Morgan fingerprint density at radius 2 is 1.74 bits per heavy atom. The van der Waals surface area contributed by atoms with Crippen LogP contribution in [0, 0.1) is 11.8 Å². The zero-order valence-corrected chi connectivity index (χ0v) is 14.4. The van der Waals surface area contributed by atoms with E-state index in [1.165, 1.54) is 6.42 Å².